The predicted molar refractivity (Wildman–Crippen MR) is 81.1 cm³/mol. The Morgan fingerprint density at radius 1 is 0.923 bits per heavy atom. The van der Waals surface area contributed by atoms with Gasteiger partial charge in [0.15, 0.2) is 0 Å². The highest BCUT2D eigenvalue weighted by molar-refractivity contribution is 9.23. The molecule has 0 aliphatic carbocycles. The summed E-state index contributed by atoms with van der Waals surface area (Å²) >= 11 is 13.7. The lowest BCUT2D eigenvalue weighted by Crippen LogP contribution is -1.74. The van der Waals surface area contributed by atoms with Crippen LogP contribution in [0.25, 0.3) is 0 Å². The molecule has 0 atom stereocenters. The van der Waals surface area contributed by atoms with Crippen molar-refractivity contribution in [3.63, 3.8) is 0 Å². The Morgan fingerprint density at radius 2 is 1.46 bits per heavy atom. The first-order chi connectivity index (χ1) is 6.18. The molecule has 0 heterocycles. The van der Waals surface area contributed by atoms with Crippen LogP contribution in [0.3, 0.4) is 0 Å². The van der Waals surface area contributed by atoms with Gasteiger partial charge in [-0.25, -0.2) is 0 Å². The lowest BCUT2D eigenvalue weighted by molar-refractivity contribution is 1.53. The summed E-state index contributed by atoms with van der Waals surface area (Å²) in [7, 11) is 0. The molecule has 0 N–H and O–H groups in total. The van der Waals surface area contributed by atoms with Crippen LogP contribution in [0.4, 0.5) is 0 Å². The first-order valence-corrected chi connectivity index (χ1v) is 13.0. The largest absolute Gasteiger partial charge is 0.151 e. The molecule has 0 fully saturated rings. The van der Waals surface area contributed by atoms with Crippen LogP contribution in [0.2, 0.25) is 0 Å². The highest BCUT2D eigenvalue weighted by Crippen LogP contribution is 2.78. The average Bonchev–Trinajstić information content (AvgIpc) is 2.05. The normalized spacial score (nSPS) is 11.9. The summed E-state index contributed by atoms with van der Waals surface area (Å²) in [5.41, 5.74) is 0. The van der Waals surface area contributed by atoms with Crippen molar-refractivity contribution in [2.45, 2.75) is 20.8 Å². The fourth-order valence-electron chi connectivity index (χ4n) is 0.613. The van der Waals surface area contributed by atoms with Crippen molar-refractivity contribution >= 4 is 61.4 Å². The number of hydrogen-bond donors (Lipinski definition) is 0. The van der Waals surface area contributed by atoms with Gasteiger partial charge in [0.1, 0.15) is 3.64 Å². The third-order valence-electron chi connectivity index (χ3n) is 1.07. The molecule has 0 aromatic rings. The second-order valence-electron chi connectivity index (χ2n) is 2.02. The van der Waals surface area contributed by atoms with E-state index in [0.717, 1.165) is 11.5 Å². The predicted octanol–water partition coefficient (Wildman–Crippen LogP) is 5.16. The van der Waals surface area contributed by atoms with E-state index >= 15 is 0 Å². The van der Waals surface area contributed by atoms with Crippen molar-refractivity contribution in [1.82, 2.24) is 0 Å². The van der Waals surface area contributed by atoms with Crippen molar-refractivity contribution in [2.24, 2.45) is 0 Å². The molecule has 80 valence electrons. The maximum atomic E-state index is 5.70. The molecule has 0 saturated carbocycles. The van der Waals surface area contributed by atoms with Gasteiger partial charge in [0.2, 0.25) is 0 Å². The van der Waals surface area contributed by atoms with E-state index in [1.165, 1.54) is 10.8 Å². The molecule has 0 rings (SSSR count). The molecule has 6 heteroatoms. The summed E-state index contributed by atoms with van der Waals surface area (Å²) in [6, 6.07) is 0. The van der Waals surface area contributed by atoms with Gasteiger partial charge in [-0.15, -0.1) is 22.8 Å². The Bertz CT molecular complexity index is 151. The van der Waals surface area contributed by atoms with Crippen molar-refractivity contribution in [3.05, 3.63) is 0 Å². The highest BCUT2D eigenvalue weighted by Gasteiger charge is 2.16. The van der Waals surface area contributed by atoms with E-state index < -0.39 is 3.64 Å². The van der Waals surface area contributed by atoms with Crippen LogP contribution in [0.5, 0.6) is 0 Å². The van der Waals surface area contributed by atoms with Crippen molar-refractivity contribution < 1.29 is 0 Å². The Kier molecular flexibility index (Phi) is 10.8. The summed E-state index contributed by atoms with van der Waals surface area (Å²) in [5, 5.41) is 1.17. The SMILES string of the molecule is CCSCSP(=S)(SCC)SCC. The van der Waals surface area contributed by atoms with Gasteiger partial charge < -0.3 is 0 Å². The highest BCUT2D eigenvalue weighted by atomic mass is 33.5. The molecular weight excluding hydrogens is 275 g/mol. The van der Waals surface area contributed by atoms with Gasteiger partial charge in [-0.3, -0.25) is 0 Å². The minimum absolute atomic E-state index is 1.16. The fraction of sp³-hybridized carbons (Fsp3) is 1.00. The van der Waals surface area contributed by atoms with Crippen LogP contribution < -0.4 is 0 Å². The molecule has 0 aromatic heterocycles. The molecule has 0 amide bonds. The van der Waals surface area contributed by atoms with E-state index in [4.69, 9.17) is 11.8 Å². The first-order valence-electron chi connectivity index (χ1n) is 4.29. The Morgan fingerprint density at radius 3 is 1.85 bits per heavy atom. The van der Waals surface area contributed by atoms with Gasteiger partial charge in [-0.05, 0) is 17.3 Å². The van der Waals surface area contributed by atoms with Gasteiger partial charge in [0.05, 0.1) is 0 Å². The zero-order valence-corrected chi connectivity index (χ0v) is 13.3. The second kappa shape index (κ2) is 9.29. The summed E-state index contributed by atoms with van der Waals surface area (Å²) in [5.74, 6) is 3.53. The monoisotopic (exact) mass is 292 g/mol. The Labute approximate surface area is 104 Å². The Balaban J connectivity index is 3.85. The molecule has 0 radical (unpaired) electrons. The number of hydrogen-bond acceptors (Lipinski definition) is 5. The van der Waals surface area contributed by atoms with Crippen LogP contribution in [-0.4, -0.2) is 22.3 Å². The van der Waals surface area contributed by atoms with E-state index in [2.05, 4.69) is 20.8 Å². The van der Waals surface area contributed by atoms with Crippen molar-refractivity contribution in [3.8, 4) is 0 Å². The maximum absolute atomic E-state index is 5.70. The molecule has 0 aliphatic rings. The lowest BCUT2D eigenvalue weighted by Gasteiger charge is -2.17. The van der Waals surface area contributed by atoms with E-state index in [1.807, 2.05) is 45.9 Å². The molecular formula is C7H17PS5. The molecule has 13 heavy (non-hydrogen) atoms. The summed E-state index contributed by atoms with van der Waals surface area (Å²) in [6.07, 6.45) is 0. The van der Waals surface area contributed by atoms with Crippen LogP contribution in [0, 0.1) is 0 Å². The average molecular weight is 293 g/mol. The van der Waals surface area contributed by atoms with Crippen LogP contribution >= 0.6 is 49.6 Å². The minimum atomic E-state index is -1.19. The van der Waals surface area contributed by atoms with Crippen molar-refractivity contribution in [2.75, 3.05) is 22.3 Å². The van der Waals surface area contributed by atoms with E-state index in [0.29, 0.717) is 0 Å². The molecule has 0 aromatic carbocycles. The third kappa shape index (κ3) is 7.92. The van der Waals surface area contributed by atoms with Gasteiger partial charge in [-0.1, -0.05) is 44.0 Å². The molecule has 0 saturated heterocycles. The number of thioether (sulfide) groups is 1. The zero-order valence-electron chi connectivity index (χ0n) is 8.32. The standard InChI is InChI=1S/C7H17PS5/c1-4-10-7-13-8(9,11-5-2)12-6-3/h4-7H2,1-3H3. The van der Waals surface area contributed by atoms with E-state index in [1.54, 1.807) is 0 Å². The molecule has 0 spiro atoms. The summed E-state index contributed by atoms with van der Waals surface area (Å²) in [4.78, 5) is 0. The maximum Gasteiger partial charge on any atom is 0.110 e. The lowest BCUT2D eigenvalue weighted by atomic mass is 11.0. The van der Waals surface area contributed by atoms with Gasteiger partial charge in [0.25, 0.3) is 0 Å². The zero-order chi connectivity index (χ0) is 10.2. The van der Waals surface area contributed by atoms with Crippen LogP contribution in [-0.2, 0) is 11.8 Å². The van der Waals surface area contributed by atoms with E-state index in [9.17, 15) is 0 Å². The first kappa shape index (κ1) is 15.0. The fourth-order valence-corrected chi connectivity index (χ4v) is 18.5. The molecule has 0 nitrogen and oxygen atoms in total. The van der Waals surface area contributed by atoms with Crippen LogP contribution in [0.15, 0.2) is 0 Å². The quantitative estimate of drug-likeness (QED) is 0.343. The number of rotatable bonds is 8. The van der Waals surface area contributed by atoms with Gasteiger partial charge in [-0.2, -0.15) is 11.8 Å². The third-order valence-corrected chi connectivity index (χ3v) is 17.9. The molecule has 0 aliphatic heterocycles. The van der Waals surface area contributed by atoms with E-state index in [-0.39, 0.29) is 0 Å². The van der Waals surface area contributed by atoms with Crippen molar-refractivity contribution in [1.29, 1.82) is 0 Å². The minimum Gasteiger partial charge on any atom is -0.151 e. The summed E-state index contributed by atoms with van der Waals surface area (Å²) in [6.45, 7) is 6.61. The topological polar surface area (TPSA) is 0 Å². The van der Waals surface area contributed by atoms with Gasteiger partial charge in [0, 0.05) is 5.08 Å². The Hall–Kier alpha value is 2.05. The smallest absolute Gasteiger partial charge is 0.110 e. The van der Waals surface area contributed by atoms with Gasteiger partial charge >= 0.3 is 0 Å². The summed E-state index contributed by atoms with van der Waals surface area (Å²) < 4.78 is -1.19. The van der Waals surface area contributed by atoms with Crippen LogP contribution in [0.1, 0.15) is 20.8 Å². The second-order valence-corrected chi connectivity index (χ2v) is 19.8. The molecule has 0 bridgehead atoms. The molecule has 0 unspecified atom stereocenters.